The first-order chi connectivity index (χ1) is 14.1. The van der Waals surface area contributed by atoms with Crippen LogP contribution >= 0.6 is 11.6 Å². The van der Waals surface area contributed by atoms with Gasteiger partial charge in [-0.25, -0.2) is 4.79 Å². The molecule has 0 spiro atoms. The molecule has 1 aromatic heterocycles. The number of aromatic amines is 1. The van der Waals surface area contributed by atoms with E-state index in [2.05, 4.69) is 25.8 Å². The summed E-state index contributed by atoms with van der Waals surface area (Å²) in [6, 6.07) is 16.6. The van der Waals surface area contributed by atoms with Crippen LogP contribution in [0, 0.1) is 0 Å². The molecule has 8 nitrogen and oxygen atoms in total. The zero-order chi connectivity index (χ0) is 20.5. The van der Waals surface area contributed by atoms with Crippen molar-refractivity contribution in [1.82, 2.24) is 20.5 Å². The van der Waals surface area contributed by atoms with Gasteiger partial charge in [0.1, 0.15) is 6.61 Å². The van der Waals surface area contributed by atoms with Gasteiger partial charge in [-0.05, 0) is 24.1 Å². The maximum atomic E-state index is 12.0. The molecule has 9 heteroatoms. The molecule has 3 N–H and O–H groups in total. The maximum absolute atomic E-state index is 12.0. The number of amides is 2. The average molecular weight is 414 g/mol. The molecule has 0 saturated carbocycles. The number of H-pyrrole nitrogens is 1. The van der Waals surface area contributed by atoms with Crippen LogP contribution in [0.5, 0.6) is 0 Å². The lowest BCUT2D eigenvalue weighted by Gasteiger charge is -2.07. The summed E-state index contributed by atoms with van der Waals surface area (Å²) < 4.78 is 5.10. The van der Waals surface area contributed by atoms with E-state index in [1.165, 1.54) is 0 Å². The predicted molar refractivity (Wildman–Crippen MR) is 109 cm³/mol. The molecule has 1 heterocycles. The summed E-state index contributed by atoms with van der Waals surface area (Å²) in [5, 5.41) is 12.5. The Bertz CT molecular complexity index is 962. The van der Waals surface area contributed by atoms with Crippen molar-refractivity contribution in [2.75, 3.05) is 11.9 Å². The second kappa shape index (κ2) is 10.2. The SMILES string of the molecule is O=C(CCCNC(=O)OCc1ccccc1)Nc1n[nH]c(-c2ccccc2Cl)n1. The minimum absolute atomic E-state index is 0.167. The van der Waals surface area contributed by atoms with Crippen molar-refractivity contribution >= 4 is 29.5 Å². The smallest absolute Gasteiger partial charge is 0.407 e. The highest BCUT2D eigenvalue weighted by Gasteiger charge is 2.11. The van der Waals surface area contributed by atoms with E-state index in [1.807, 2.05) is 42.5 Å². The van der Waals surface area contributed by atoms with Gasteiger partial charge in [0.2, 0.25) is 11.9 Å². The van der Waals surface area contributed by atoms with Crippen LogP contribution in [-0.4, -0.2) is 33.7 Å². The number of nitrogens with zero attached hydrogens (tertiary/aromatic N) is 2. The van der Waals surface area contributed by atoms with Crippen LogP contribution in [0.2, 0.25) is 5.02 Å². The molecule has 0 radical (unpaired) electrons. The van der Waals surface area contributed by atoms with Crippen LogP contribution in [0.3, 0.4) is 0 Å². The Morgan fingerprint density at radius 3 is 2.62 bits per heavy atom. The molecule has 0 aliphatic rings. The monoisotopic (exact) mass is 413 g/mol. The van der Waals surface area contributed by atoms with Gasteiger partial charge in [-0.3, -0.25) is 15.2 Å². The molecule has 2 amide bonds. The number of halogens is 1. The Morgan fingerprint density at radius 1 is 1.07 bits per heavy atom. The van der Waals surface area contributed by atoms with Gasteiger partial charge in [-0.1, -0.05) is 54.1 Å². The first-order valence-electron chi connectivity index (χ1n) is 9.03. The molecular formula is C20H20ClN5O3. The molecule has 3 aromatic rings. The van der Waals surface area contributed by atoms with E-state index >= 15 is 0 Å². The van der Waals surface area contributed by atoms with Crippen LogP contribution in [0.4, 0.5) is 10.7 Å². The van der Waals surface area contributed by atoms with Gasteiger partial charge >= 0.3 is 6.09 Å². The number of benzene rings is 2. The maximum Gasteiger partial charge on any atom is 0.407 e. The predicted octanol–water partition coefficient (Wildman–Crippen LogP) is 3.77. The third kappa shape index (κ3) is 6.32. The first-order valence-corrected chi connectivity index (χ1v) is 9.41. The third-order valence-electron chi connectivity index (χ3n) is 3.93. The Hall–Kier alpha value is -3.39. The number of aromatic nitrogens is 3. The fourth-order valence-corrected chi connectivity index (χ4v) is 2.72. The van der Waals surface area contributed by atoms with Crippen molar-refractivity contribution in [3.63, 3.8) is 0 Å². The molecule has 150 valence electrons. The number of hydrogen-bond acceptors (Lipinski definition) is 5. The highest BCUT2D eigenvalue weighted by Crippen LogP contribution is 2.24. The molecular weight excluding hydrogens is 394 g/mol. The van der Waals surface area contributed by atoms with Crippen LogP contribution < -0.4 is 10.6 Å². The van der Waals surface area contributed by atoms with Crippen molar-refractivity contribution in [2.45, 2.75) is 19.4 Å². The molecule has 0 aliphatic heterocycles. The minimum Gasteiger partial charge on any atom is -0.445 e. The largest absolute Gasteiger partial charge is 0.445 e. The highest BCUT2D eigenvalue weighted by molar-refractivity contribution is 6.33. The van der Waals surface area contributed by atoms with E-state index in [0.717, 1.165) is 5.56 Å². The zero-order valence-corrected chi connectivity index (χ0v) is 16.3. The number of hydrogen-bond donors (Lipinski definition) is 3. The molecule has 0 unspecified atom stereocenters. The Labute approximate surface area is 172 Å². The summed E-state index contributed by atoms with van der Waals surface area (Å²) in [4.78, 5) is 27.9. The van der Waals surface area contributed by atoms with Crippen molar-refractivity contribution in [2.24, 2.45) is 0 Å². The summed E-state index contributed by atoms with van der Waals surface area (Å²) in [6.45, 7) is 0.520. The van der Waals surface area contributed by atoms with Crippen molar-refractivity contribution in [3.05, 3.63) is 65.2 Å². The average Bonchev–Trinajstić information content (AvgIpc) is 3.19. The van der Waals surface area contributed by atoms with E-state index in [9.17, 15) is 9.59 Å². The minimum atomic E-state index is -0.521. The quantitative estimate of drug-likeness (QED) is 0.487. The standard InChI is InChI=1S/C20H20ClN5O3/c21-16-10-5-4-9-15(16)18-24-19(26-25-18)23-17(27)11-6-12-22-20(28)29-13-14-7-2-1-3-8-14/h1-5,7-10H,6,11-13H2,(H,22,28)(H2,23,24,25,26,27). The third-order valence-corrected chi connectivity index (χ3v) is 4.26. The van der Waals surface area contributed by atoms with E-state index in [1.54, 1.807) is 12.1 Å². The van der Waals surface area contributed by atoms with Gasteiger partial charge in [-0.15, -0.1) is 5.10 Å². The second-order valence-electron chi connectivity index (χ2n) is 6.13. The Balaban J connectivity index is 1.35. The molecule has 0 atom stereocenters. The van der Waals surface area contributed by atoms with Crippen molar-refractivity contribution < 1.29 is 14.3 Å². The van der Waals surface area contributed by atoms with E-state index in [-0.39, 0.29) is 24.9 Å². The van der Waals surface area contributed by atoms with Gasteiger partial charge in [0, 0.05) is 18.5 Å². The van der Waals surface area contributed by atoms with Crippen LogP contribution in [0.15, 0.2) is 54.6 Å². The van der Waals surface area contributed by atoms with Crippen molar-refractivity contribution in [1.29, 1.82) is 0 Å². The summed E-state index contributed by atoms with van der Waals surface area (Å²) in [5.41, 5.74) is 1.60. The lowest BCUT2D eigenvalue weighted by atomic mass is 10.2. The van der Waals surface area contributed by atoms with Crippen LogP contribution in [0.25, 0.3) is 11.4 Å². The Morgan fingerprint density at radius 2 is 1.83 bits per heavy atom. The van der Waals surface area contributed by atoms with E-state index in [0.29, 0.717) is 29.4 Å². The van der Waals surface area contributed by atoms with Crippen LogP contribution in [0.1, 0.15) is 18.4 Å². The molecule has 3 rings (SSSR count). The number of nitrogens with one attached hydrogen (secondary N) is 3. The number of rotatable bonds is 8. The van der Waals surface area contributed by atoms with Crippen molar-refractivity contribution in [3.8, 4) is 11.4 Å². The summed E-state index contributed by atoms with van der Waals surface area (Å²) in [7, 11) is 0. The van der Waals surface area contributed by atoms with E-state index < -0.39 is 6.09 Å². The summed E-state index contributed by atoms with van der Waals surface area (Å²) >= 11 is 6.12. The molecule has 2 aromatic carbocycles. The fourth-order valence-electron chi connectivity index (χ4n) is 2.49. The molecule has 29 heavy (non-hydrogen) atoms. The van der Waals surface area contributed by atoms with Gasteiger partial charge in [0.25, 0.3) is 0 Å². The first kappa shape index (κ1) is 20.3. The van der Waals surface area contributed by atoms with Crippen LogP contribution in [-0.2, 0) is 16.1 Å². The highest BCUT2D eigenvalue weighted by atomic mass is 35.5. The Kier molecular flexibility index (Phi) is 7.18. The lowest BCUT2D eigenvalue weighted by molar-refractivity contribution is -0.116. The molecule has 0 aliphatic carbocycles. The van der Waals surface area contributed by atoms with Gasteiger partial charge in [0.15, 0.2) is 5.82 Å². The van der Waals surface area contributed by atoms with Gasteiger partial charge in [0.05, 0.1) is 5.02 Å². The molecule has 0 bridgehead atoms. The zero-order valence-electron chi connectivity index (χ0n) is 15.5. The summed E-state index contributed by atoms with van der Waals surface area (Å²) in [5.74, 6) is 0.378. The number of carbonyl (C=O) groups is 2. The molecule has 0 fully saturated rings. The van der Waals surface area contributed by atoms with Gasteiger partial charge < -0.3 is 10.1 Å². The number of carbonyl (C=O) groups excluding carboxylic acids is 2. The van der Waals surface area contributed by atoms with Gasteiger partial charge in [-0.2, -0.15) is 4.98 Å². The number of ether oxygens (including phenoxy) is 1. The normalized spacial score (nSPS) is 10.4. The summed E-state index contributed by atoms with van der Waals surface area (Å²) in [6.07, 6.45) is 0.135. The second-order valence-corrected chi connectivity index (χ2v) is 6.53. The van der Waals surface area contributed by atoms with E-state index in [4.69, 9.17) is 16.3 Å². The number of alkyl carbamates (subject to hydrolysis) is 1. The topological polar surface area (TPSA) is 109 Å². The fraction of sp³-hybridized carbons (Fsp3) is 0.200. The molecule has 0 saturated heterocycles. The lowest BCUT2D eigenvalue weighted by Crippen LogP contribution is -2.26. The number of anilines is 1.